The van der Waals surface area contributed by atoms with E-state index < -0.39 is 0 Å². The molecular formula is C15H12ClN. The lowest BCUT2D eigenvalue weighted by atomic mass is 10.1. The first kappa shape index (κ1) is 10.5. The van der Waals surface area contributed by atoms with E-state index >= 15 is 0 Å². The third-order valence-corrected chi connectivity index (χ3v) is 3.49. The van der Waals surface area contributed by atoms with E-state index in [1.54, 1.807) is 6.20 Å². The first-order valence-electron chi connectivity index (χ1n) is 5.73. The van der Waals surface area contributed by atoms with Crippen LogP contribution in [0.4, 0.5) is 0 Å². The minimum absolute atomic E-state index is 0.886. The molecule has 0 atom stereocenters. The third-order valence-electron chi connectivity index (χ3n) is 3.13. The molecule has 1 nitrogen and oxygen atoms in total. The molecule has 3 rings (SSSR count). The summed E-state index contributed by atoms with van der Waals surface area (Å²) in [6.07, 6.45) is 7.99. The van der Waals surface area contributed by atoms with Gasteiger partial charge >= 0.3 is 0 Å². The summed E-state index contributed by atoms with van der Waals surface area (Å²) in [6.45, 7) is 0. The Morgan fingerprint density at radius 1 is 1.12 bits per heavy atom. The summed E-state index contributed by atoms with van der Waals surface area (Å²) in [4.78, 5) is 4.13. The van der Waals surface area contributed by atoms with Crippen molar-refractivity contribution in [2.24, 2.45) is 0 Å². The second-order valence-electron chi connectivity index (χ2n) is 4.22. The molecule has 84 valence electrons. The van der Waals surface area contributed by atoms with Gasteiger partial charge in [0.05, 0.1) is 0 Å². The van der Waals surface area contributed by atoms with E-state index in [-0.39, 0.29) is 0 Å². The largest absolute Gasteiger partial charge is 0.264 e. The molecule has 1 aliphatic rings. The SMILES string of the molecule is Clc1cccc2c1CCC2=Cc1cccnc1. The van der Waals surface area contributed by atoms with Gasteiger partial charge in [0.2, 0.25) is 0 Å². The average molecular weight is 242 g/mol. The van der Waals surface area contributed by atoms with Crippen molar-refractivity contribution in [3.8, 4) is 0 Å². The molecule has 0 aliphatic heterocycles. The zero-order valence-electron chi connectivity index (χ0n) is 9.36. The van der Waals surface area contributed by atoms with Crippen LogP contribution in [0.1, 0.15) is 23.1 Å². The molecule has 2 aromatic rings. The van der Waals surface area contributed by atoms with Crippen LogP contribution < -0.4 is 0 Å². The van der Waals surface area contributed by atoms with E-state index in [2.05, 4.69) is 23.2 Å². The van der Waals surface area contributed by atoms with Gasteiger partial charge in [-0.1, -0.05) is 29.8 Å². The number of fused-ring (bicyclic) bond motifs is 1. The lowest BCUT2D eigenvalue weighted by molar-refractivity contribution is 1.08. The molecule has 0 fully saturated rings. The van der Waals surface area contributed by atoms with Crippen molar-refractivity contribution in [1.29, 1.82) is 0 Å². The van der Waals surface area contributed by atoms with E-state index in [4.69, 9.17) is 11.6 Å². The predicted molar refractivity (Wildman–Crippen MR) is 71.9 cm³/mol. The van der Waals surface area contributed by atoms with Gasteiger partial charge in [-0.25, -0.2) is 0 Å². The smallest absolute Gasteiger partial charge is 0.0444 e. The summed E-state index contributed by atoms with van der Waals surface area (Å²) in [5.74, 6) is 0. The maximum atomic E-state index is 6.20. The van der Waals surface area contributed by atoms with Crippen LogP contribution in [0, 0.1) is 0 Å². The van der Waals surface area contributed by atoms with Gasteiger partial charge in [-0.3, -0.25) is 4.98 Å². The molecule has 2 heteroatoms. The molecule has 0 saturated carbocycles. The van der Waals surface area contributed by atoms with E-state index in [0.29, 0.717) is 0 Å². The second kappa shape index (κ2) is 4.34. The number of hydrogen-bond donors (Lipinski definition) is 0. The molecule has 0 spiro atoms. The number of rotatable bonds is 1. The average Bonchev–Trinajstić information content (AvgIpc) is 2.76. The van der Waals surface area contributed by atoms with E-state index in [1.165, 1.54) is 16.7 Å². The fraction of sp³-hybridized carbons (Fsp3) is 0.133. The lowest BCUT2D eigenvalue weighted by Crippen LogP contribution is -1.82. The number of pyridine rings is 1. The Hall–Kier alpha value is -1.60. The Morgan fingerprint density at radius 3 is 2.88 bits per heavy atom. The molecule has 1 aromatic heterocycles. The highest BCUT2D eigenvalue weighted by molar-refractivity contribution is 6.31. The summed E-state index contributed by atoms with van der Waals surface area (Å²) >= 11 is 6.20. The van der Waals surface area contributed by atoms with Crippen molar-refractivity contribution in [1.82, 2.24) is 4.98 Å². The van der Waals surface area contributed by atoms with Crippen molar-refractivity contribution in [3.63, 3.8) is 0 Å². The van der Waals surface area contributed by atoms with Crippen molar-refractivity contribution < 1.29 is 0 Å². The molecule has 1 heterocycles. The molecule has 0 unspecified atom stereocenters. The van der Waals surface area contributed by atoms with Gasteiger partial charge < -0.3 is 0 Å². The summed E-state index contributed by atoms with van der Waals surface area (Å²) < 4.78 is 0. The molecule has 0 N–H and O–H groups in total. The summed E-state index contributed by atoms with van der Waals surface area (Å²) in [6, 6.07) is 10.2. The van der Waals surface area contributed by atoms with Crippen molar-refractivity contribution in [3.05, 3.63) is 64.4 Å². The summed E-state index contributed by atoms with van der Waals surface area (Å²) in [5.41, 5.74) is 5.08. The number of hydrogen-bond acceptors (Lipinski definition) is 1. The van der Waals surface area contributed by atoms with Crippen LogP contribution in [0.2, 0.25) is 5.02 Å². The van der Waals surface area contributed by atoms with Gasteiger partial charge in [0.15, 0.2) is 0 Å². The first-order chi connectivity index (χ1) is 8.34. The molecular weight excluding hydrogens is 230 g/mol. The van der Waals surface area contributed by atoms with E-state index in [0.717, 1.165) is 23.4 Å². The Labute approximate surface area is 106 Å². The highest BCUT2D eigenvalue weighted by Crippen LogP contribution is 2.37. The monoisotopic (exact) mass is 241 g/mol. The van der Waals surface area contributed by atoms with Crippen LogP contribution in [0.3, 0.4) is 0 Å². The third kappa shape index (κ3) is 1.98. The molecule has 0 bridgehead atoms. The Morgan fingerprint density at radius 2 is 2.06 bits per heavy atom. The quantitative estimate of drug-likeness (QED) is 0.728. The predicted octanol–water partition coefficient (Wildman–Crippen LogP) is 4.22. The lowest BCUT2D eigenvalue weighted by Gasteiger charge is -2.02. The van der Waals surface area contributed by atoms with Crippen LogP contribution in [-0.4, -0.2) is 4.98 Å². The maximum absolute atomic E-state index is 6.20. The van der Waals surface area contributed by atoms with Crippen LogP contribution in [0.15, 0.2) is 42.7 Å². The van der Waals surface area contributed by atoms with Crippen LogP contribution in [-0.2, 0) is 6.42 Å². The molecule has 17 heavy (non-hydrogen) atoms. The Bertz CT molecular complexity index is 573. The van der Waals surface area contributed by atoms with E-state index in [1.807, 2.05) is 24.4 Å². The minimum atomic E-state index is 0.886. The zero-order valence-corrected chi connectivity index (χ0v) is 10.1. The standard InChI is InChI=1S/C15H12ClN/c16-15-5-1-4-13-12(6-7-14(13)15)9-11-3-2-8-17-10-11/h1-5,8-10H,6-7H2. The number of halogens is 1. The second-order valence-corrected chi connectivity index (χ2v) is 4.63. The topological polar surface area (TPSA) is 12.9 Å². The number of benzene rings is 1. The minimum Gasteiger partial charge on any atom is -0.264 e. The highest BCUT2D eigenvalue weighted by Gasteiger charge is 2.17. The molecule has 0 saturated heterocycles. The first-order valence-corrected chi connectivity index (χ1v) is 6.11. The van der Waals surface area contributed by atoms with Crippen LogP contribution >= 0.6 is 11.6 Å². The van der Waals surface area contributed by atoms with Gasteiger partial charge in [-0.05, 0) is 53.3 Å². The van der Waals surface area contributed by atoms with Crippen LogP contribution in [0.25, 0.3) is 11.6 Å². The number of allylic oxidation sites excluding steroid dienone is 1. The summed E-state index contributed by atoms with van der Waals surface area (Å²) in [5, 5.41) is 0.886. The van der Waals surface area contributed by atoms with Gasteiger partial charge in [0.25, 0.3) is 0 Å². The molecule has 0 radical (unpaired) electrons. The van der Waals surface area contributed by atoms with Crippen LogP contribution in [0.5, 0.6) is 0 Å². The van der Waals surface area contributed by atoms with Crippen molar-refractivity contribution in [2.75, 3.05) is 0 Å². The molecule has 1 aliphatic carbocycles. The van der Waals surface area contributed by atoms with E-state index in [9.17, 15) is 0 Å². The maximum Gasteiger partial charge on any atom is 0.0444 e. The fourth-order valence-electron chi connectivity index (χ4n) is 2.32. The zero-order chi connectivity index (χ0) is 11.7. The Kier molecular flexibility index (Phi) is 2.69. The summed E-state index contributed by atoms with van der Waals surface area (Å²) in [7, 11) is 0. The van der Waals surface area contributed by atoms with Crippen molar-refractivity contribution in [2.45, 2.75) is 12.8 Å². The fourth-order valence-corrected chi connectivity index (χ4v) is 2.59. The molecule has 1 aromatic carbocycles. The van der Waals surface area contributed by atoms with Crippen molar-refractivity contribution >= 4 is 23.3 Å². The van der Waals surface area contributed by atoms with Gasteiger partial charge in [-0.2, -0.15) is 0 Å². The van der Waals surface area contributed by atoms with Gasteiger partial charge in [0, 0.05) is 17.4 Å². The molecule has 0 amide bonds. The normalized spacial score (nSPS) is 16.2. The highest BCUT2D eigenvalue weighted by atomic mass is 35.5. The van der Waals surface area contributed by atoms with Gasteiger partial charge in [0.1, 0.15) is 0 Å². The number of nitrogens with zero attached hydrogens (tertiary/aromatic N) is 1. The Balaban J connectivity index is 2.05. The van der Waals surface area contributed by atoms with Gasteiger partial charge in [-0.15, -0.1) is 0 Å². The number of aromatic nitrogens is 1.